The Morgan fingerprint density at radius 2 is 2.12 bits per heavy atom. The van der Waals surface area contributed by atoms with E-state index in [1.54, 1.807) is 7.11 Å². The average Bonchev–Trinajstić information content (AvgIpc) is 2.37. The summed E-state index contributed by atoms with van der Waals surface area (Å²) in [6, 6.07) is 3.82. The normalized spacial score (nSPS) is 15.5. The molecule has 2 rings (SSSR count). The van der Waals surface area contributed by atoms with Crippen molar-refractivity contribution in [2.75, 3.05) is 26.9 Å². The number of hydrogen-bond acceptors (Lipinski definition) is 4. The van der Waals surface area contributed by atoms with Gasteiger partial charge in [-0.25, -0.2) is 0 Å². The van der Waals surface area contributed by atoms with Gasteiger partial charge in [-0.3, -0.25) is 0 Å². The minimum Gasteiger partial charge on any atom is -0.496 e. The molecule has 0 spiro atoms. The molecule has 1 unspecified atom stereocenters. The van der Waals surface area contributed by atoms with E-state index < -0.39 is 0 Å². The molecule has 0 aromatic heterocycles. The van der Waals surface area contributed by atoms with Crippen molar-refractivity contribution in [3.63, 3.8) is 0 Å². The highest BCUT2D eigenvalue weighted by Gasteiger charge is 2.23. The Morgan fingerprint density at radius 3 is 2.82 bits per heavy atom. The minimum absolute atomic E-state index is 0.298. The summed E-state index contributed by atoms with van der Waals surface area (Å²) >= 11 is 0. The second-order valence-corrected chi connectivity index (χ2v) is 4.18. The third-order valence-electron chi connectivity index (χ3n) is 3.02. The van der Waals surface area contributed by atoms with Crippen LogP contribution in [0.2, 0.25) is 0 Å². The van der Waals surface area contributed by atoms with Crippen LogP contribution in [0.3, 0.4) is 0 Å². The smallest absolute Gasteiger partial charge is 0.168 e. The maximum atomic E-state index is 5.72. The first-order valence-electron chi connectivity index (χ1n) is 5.94. The molecule has 1 aliphatic rings. The van der Waals surface area contributed by atoms with Crippen LogP contribution in [0.1, 0.15) is 24.8 Å². The monoisotopic (exact) mass is 237 g/mol. The van der Waals surface area contributed by atoms with Crippen LogP contribution in [0.4, 0.5) is 0 Å². The van der Waals surface area contributed by atoms with Crippen molar-refractivity contribution in [1.29, 1.82) is 0 Å². The zero-order chi connectivity index (χ0) is 12.3. The van der Waals surface area contributed by atoms with Crippen LogP contribution in [0.5, 0.6) is 17.2 Å². The van der Waals surface area contributed by atoms with Crippen LogP contribution in [-0.4, -0.2) is 26.9 Å². The Balaban J connectivity index is 2.44. The van der Waals surface area contributed by atoms with E-state index in [4.69, 9.17) is 19.9 Å². The number of ether oxygens (including phenoxy) is 3. The van der Waals surface area contributed by atoms with Crippen molar-refractivity contribution in [3.05, 3.63) is 17.7 Å². The van der Waals surface area contributed by atoms with E-state index in [9.17, 15) is 0 Å². The zero-order valence-corrected chi connectivity index (χ0v) is 10.4. The van der Waals surface area contributed by atoms with Gasteiger partial charge in [0.1, 0.15) is 19.0 Å². The SMILES string of the molecule is COc1ccc2c(c1C(C)CCN)OCCO2. The third-order valence-corrected chi connectivity index (χ3v) is 3.02. The molecule has 0 radical (unpaired) electrons. The Bertz CT molecular complexity index is 392. The van der Waals surface area contributed by atoms with E-state index in [0.29, 0.717) is 25.7 Å². The lowest BCUT2D eigenvalue weighted by Gasteiger charge is -2.25. The maximum absolute atomic E-state index is 5.72. The molecule has 0 aliphatic carbocycles. The van der Waals surface area contributed by atoms with Crippen LogP contribution in [0, 0.1) is 0 Å². The fourth-order valence-electron chi connectivity index (χ4n) is 2.16. The zero-order valence-electron chi connectivity index (χ0n) is 10.4. The number of nitrogens with two attached hydrogens (primary N) is 1. The highest BCUT2D eigenvalue weighted by molar-refractivity contribution is 5.56. The van der Waals surface area contributed by atoms with Crippen LogP contribution in [0.25, 0.3) is 0 Å². The van der Waals surface area contributed by atoms with Gasteiger partial charge in [0, 0.05) is 5.56 Å². The van der Waals surface area contributed by atoms with Gasteiger partial charge >= 0.3 is 0 Å². The highest BCUT2D eigenvalue weighted by atomic mass is 16.6. The number of rotatable bonds is 4. The molecule has 1 aromatic rings. The summed E-state index contributed by atoms with van der Waals surface area (Å²) < 4.78 is 16.7. The molecular weight excluding hydrogens is 218 g/mol. The summed E-state index contributed by atoms with van der Waals surface area (Å²) in [5.41, 5.74) is 6.69. The van der Waals surface area contributed by atoms with Gasteiger partial charge < -0.3 is 19.9 Å². The summed E-state index contributed by atoms with van der Waals surface area (Å²) in [6.07, 6.45) is 0.899. The average molecular weight is 237 g/mol. The van der Waals surface area contributed by atoms with Crippen molar-refractivity contribution in [2.45, 2.75) is 19.3 Å². The Morgan fingerprint density at radius 1 is 1.35 bits per heavy atom. The molecule has 0 fully saturated rings. The van der Waals surface area contributed by atoms with Crippen LogP contribution in [0.15, 0.2) is 12.1 Å². The van der Waals surface area contributed by atoms with Crippen molar-refractivity contribution in [1.82, 2.24) is 0 Å². The van der Waals surface area contributed by atoms with Gasteiger partial charge in [0.2, 0.25) is 0 Å². The molecule has 1 aliphatic heterocycles. The molecule has 0 amide bonds. The van der Waals surface area contributed by atoms with E-state index in [-0.39, 0.29) is 0 Å². The van der Waals surface area contributed by atoms with Crippen LogP contribution < -0.4 is 19.9 Å². The number of benzene rings is 1. The van der Waals surface area contributed by atoms with Crippen LogP contribution >= 0.6 is 0 Å². The van der Waals surface area contributed by atoms with Gasteiger partial charge in [-0.05, 0) is 31.0 Å². The van der Waals surface area contributed by atoms with Gasteiger partial charge in [-0.2, -0.15) is 0 Å². The predicted molar refractivity (Wildman–Crippen MR) is 66.1 cm³/mol. The lowest BCUT2D eigenvalue weighted by Crippen LogP contribution is -2.18. The molecule has 1 aromatic carbocycles. The summed E-state index contributed by atoms with van der Waals surface area (Å²) in [4.78, 5) is 0. The number of fused-ring (bicyclic) bond motifs is 1. The third kappa shape index (κ3) is 2.31. The summed E-state index contributed by atoms with van der Waals surface area (Å²) in [6.45, 7) is 3.96. The first kappa shape index (κ1) is 12.0. The van der Waals surface area contributed by atoms with E-state index in [1.807, 2.05) is 12.1 Å². The van der Waals surface area contributed by atoms with Crippen LogP contribution in [-0.2, 0) is 0 Å². The Labute approximate surface area is 102 Å². The van der Waals surface area contributed by atoms with Crippen molar-refractivity contribution in [3.8, 4) is 17.2 Å². The van der Waals surface area contributed by atoms with Gasteiger partial charge in [0.25, 0.3) is 0 Å². The van der Waals surface area contributed by atoms with E-state index in [0.717, 1.165) is 29.2 Å². The molecular formula is C13H19NO3. The first-order chi connectivity index (χ1) is 8.27. The molecule has 0 saturated heterocycles. The van der Waals surface area contributed by atoms with E-state index in [1.165, 1.54) is 0 Å². The largest absolute Gasteiger partial charge is 0.496 e. The van der Waals surface area contributed by atoms with E-state index in [2.05, 4.69) is 6.92 Å². The molecule has 17 heavy (non-hydrogen) atoms. The van der Waals surface area contributed by atoms with Gasteiger partial charge in [-0.1, -0.05) is 6.92 Å². The van der Waals surface area contributed by atoms with E-state index >= 15 is 0 Å². The molecule has 2 N–H and O–H groups in total. The summed E-state index contributed by atoms with van der Waals surface area (Å²) in [7, 11) is 1.67. The topological polar surface area (TPSA) is 53.7 Å². The second-order valence-electron chi connectivity index (χ2n) is 4.18. The van der Waals surface area contributed by atoms with Crippen molar-refractivity contribution in [2.24, 2.45) is 5.73 Å². The fourth-order valence-corrected chi connectivity index (χ4v) is 2.16. The molecule has 4 heteroatoms. The molecule has 0 bridgehead atoms. The van der Waals surface area contributed by atoms with Gasteiger partial charge in [-0.15, -0.1) is 0 Å². The molecule has 4 nitrogen and oxygen atoms in total. The van der Waals surface area contributed by atoms with Crippen molar-refractivity contribution < 1.29 is 14.2 Å². The van der Waals surface area contributed by atoms with Gasteiger partial charge in [0.05, 0.1) is 7.11 Å². The lowest BCUT2D eigenvalue weighted by molar-refractivity contribution is 0.168. The Hall–Kier alpha value is -1.42. The minimum atomic E-state index is 0.298. The highest BCUT2D eigenvalue weighted by Crippen LogP contribution is 2.44. The van der Waals surface area contributed by atoms with Gasteiger partial charge in [0.15, 0.2) is 11.5 Å². The quantitative estimate of drug-likeness (QED) is 0.869. The molecule has 0 saturated carbocycles. The standard InChI is InChI=1S/C13H19NO3/c1-9(5-6-14)12-10(15-2)3-4-11-13(12)17-8-7-16-11/h3-4,9H,5-8,14H2,1-2H3. The maximum Gasteiger partial charge on any atom is 0.168 e. The second kappa shape index (κ2) is 5.27. The fraction of sp³-hybridized carbons (Fsp3) is 0.538. The number of hydrogen-bond donors (Lipinski definition) is 1. The first-order valence-corrected chi connectivity index (χ1v) is 5.94. The summed E-state index contributed by atoms with van der Waals surface area (Å²) in [5, 5.41) is 0. The number of methoxy groups -OCH3 is 1. The summed E-state index contributed by atoms with van der Waals surface area (Å²) in [5.74, 6) is 2.76. The Kier molecular flexibility index (Phi) is 3.74. The molecule has 1 heterocycles. The predicted octanol–water partition coefficient (Wildman–Crippen LogP) is 1.92. The van der Waals surface area contributed by atoms with Crippen molar-refractivity contribution >= 4 is 0 Å². The lowest BCUT2D eigenvalue weighted by atomic mass is 9.95. The molecule has 94 valence electrons. The molecule has 1 atom stereocenters.